The van der Waals surface area contributed by atoms with Crippen molar-refractivity contribution in [3.8, 4) is 0 Å². The molecule has 0 spiro atoms. The minimum absolute atomic E-state index is 0.0247. The largest absolute Gasteiger partial charge is 0.365 e. The predicted octanol–water partition coefficient (Wildman–Crippen LogP) is 3.39. The standard InChI is InChI=1S/C18H21N5OS/c1-11-4-3-5-13-15(11)22-16(20-13)12-6-8-23(9-7-12)17(24)14-10-25-18(19-2)21-14/h3-5,10,12H,6-9H2,1-2H3,(H,19,21)(H,20,22). The number of H-pyrrole nitrogens is 1. The zero-order valence-corrected chi connectivity index (χ0v) is 15.2. The Balaban J connectivity index is 1.45. The lowest BCUT2D eigenvalue weighted by Gasteiger charge is -2.30. The summed E-state index contributed by atoms with van der Waals surface area (Å²) in [6.07, 6.45) is 1.85. The maximum Gasteiger partial charge on any atom is 0.273 e. The SMILES string of the molecule is CNc1nc(C(=O)N2CCC(c3nc4c(C)cccc4[nH]3)CC2)cs1. The van der Waals surface area contributed by atoms with E-state index in [-0.39, 0.29) is 5.91 Å². The Hall–Kier alpha value is -2.41. The first-order chi connectivity index (χ1) is 12.2. The van der Waals surface area contributed by atoms with E-state index in [0.29, 0.717) is 11.6 Å². The number of thiazole rings is 1. The van der Waals surface area contributed by atoms with Crippen molar-refractivity contribution in [2.45, 2.75) is 25.7 Å². The molecule has 1 aliphatic rings. The molecular formula is C18H21N5OS. The number of carbonyl (C=O) groups is 1. The average molecular weight is 355 g/mol. The minimum atomic E-state index is 0.0247. The van der Waals surface area contributed by atoms with E-state index < -0.39 is 0 Å². The molecule has 7 heteroatoms. The number of nitrogens with one attached hydrogen (secondary N) is 2. The number of para-hydroxylation sites is 1. The van der Waals surface area contributed by atoms with Crippen LogP contribution in [-0.4, -0.2) is 45.9 Å². The van der Waals surface area contributed by atoms with Gasteiger partial charge in [-0.1, -0.05) is 12.1 Å². The van der Waals surface area contributed by atoms with Gasteiger partial charge in [0.15, 0.2) is 5.13 Å². The van der Waals surface area contributed by atoms with Crippen molar-refractivity contribution in [2.24, 2.45) is 0 Å². The molecule has 1 aliphatic heterocycles. The maximum absolute atomic E-state index is 12.6. The van der Waals surface area contributed by atoms with Crippen molar-refractivity contribution in [2.75, 3.05) is 25.5 Å². The fourth-order valence-electron chi connectivity index (χ4n) is 3.39. The molecule has 0 radical (unpaired) electrons. The summed E-state index contributed by atoms with van der Waals surface area (Å²) in [5.41, 5.74) is 3.87. The van der Waals surface area contributed by atoms with E-state index >= 15 is 0 Å². The lowest BCUT2D eigenvalue weighted by Crippen LogP contribution is -2.38. The first-order valence-electron chi connectivity index (χ1n) is 8.53. The molecule has 0 atom stereocenters. The van der Waals surface area contributed by atoms with Gasteiger partial charge in [-0.15, -0.1) is 11.3 Å². The fraction of sp³-hybridized carbons (Fsp3) is 0.389. The summed E-state index contributed by atoms with van der Waals surface area (Å²) in [7, 11) is 1.81. The number of piperidine rings is 1. The van der Waals surface area contributed by atoms with Crippen molar-refractivity contribution in [1.82, 2.24) is 19.9 Å². The van der Waals surface area contributed by atoms with E-state index in [1.807, 2.05) is 23.4 Å². The van der Waals surface area contributed by atoms with Gasteiger partial charge in [-0.3, -0.25) is 4.79 Å². The van der Waals surface area contributed by atoms with E-state index in [0.717, 1.165) is 47.9 Å². The molecule has 0 unspecified atom stereocenters. The third-order valence-electron chi connectivity index (χ3n) is 4.84. The number of anilines is 1. The summed E-state index contributed by atoms with van der Waals surface area (Å²) >= 11 is 1.46. The average Bonchev–Trinajstić information content (AvgIpc) is 3.29. The fourth-order valence-corrected chi connectivity index (χ4v) is 4.04. The van der Waals surface area contributed by atoms with Crippen LogP contribution < -0.4 is 5.32 Å². The number of benzene rings is 1. The lowest BCUT2D eigenvalue weighted by atomic mass is 9.96. The van der Waals surface area contributed by atoms with Gasteiger partial charge in [-0.2, -0.15) is 0 Å². The monoisotopic (exact) mass is 355 g/mol. The highest BCUT2D eigenvalue weighted by molar-refractivity contribution is 7.13. The van der Waals surface area contributed by atoms with E-state index in [4.69, 9.17) is 4.98 Å². The minimum Gasteiger partial charge on any atom is -0.365 e. The Bertz CT molecular complexity index is 907. The van der Waals surface area contributed by atoms with Crippen LogP contribution in [0.3, 0.4) is 0 Å². The Morgan fingerprint density at radius 2 is 2.12 bits per heavy atom. The lowest BCUT2D eigenvalue weighted by molar-refractivity contribution is 0.0706. The third-order valence-corrected chi connectivity index (χ3v) is 5.70. The molecule has 3 aromatic rings. The number of amides is 1. The molecule has 3 heterocycles. The van der Waals surface area contributed by atoms with Crippen LogP contribution in [0.15, 0.2) is 23.6 Å². The third kappa shape index (κ3) is 3.00. The zero-order valence-electron chi connectivity index (χ0n) is 14.4. The number of fused-ring (bicyclic) bond motifs is 1. The second-order valence-corrected chi connectivity index (χ2v) is 7.31. The second kappa shape index (κ2) is 6.48. The predicted molar refractivity (Wildman–Crippen MR) is 100 cm³/mol. The highest BCUT2D eigenvalue weighted by Gasteiger charge is 2.27. The molecule has 0 saturated carbocycles. The zero-order chi connectivity index (χ0) is 17.4. The van der Waals surface area contributed by atoms with Crippen molar-refractivity contribution >= 4 is 33.4 Å². The summed E-state index contributed by atoms with van der Waals surface area (Å²) < 4.78 is 0. The van der Waals surface area contributed by atoms with Crippen LogP contribution in [0.2, 0.25) is 0 Å². The molecule has 4 rings (SSSR count). The Labute approximate surface area is 150 Å². The molecule has 1 aromatic carbocycles. The van der Waals surface area contributed by atoms with Gasteiger partial charge in [0.25, 0.3) is 5.91 Å². The van der Waals surface area contributed by atoms with Crippen LogP contribution in [0, 0.1) is 6.92 Å². The molecule has 2 aromatic heterocycles. The molecule has 6 nitrogen and oxygen atoms in total. The van der Waals surface area contributed by atoms with E-state index in [1.165, 1.54) is 16.9 Å². The first kappa shape index (κ1) is 16.1. The van der Waals surface area contributed by atoms with Gasteiger partial charge in [-0.25, -0.2) is 9.97 Å². The number of aryl methyl sites for hydroxylation is 1. The van der Waals surface area contributed by atoms with Crippen LogP contribution in [-0.2, 0) is 0 Å². The number of rotatable bonds is 3. The number of aromatic amines is 1. The first-order valence-corrected chi connectivity index (χ1v) is 9.41. The number of hydrogen-bond acceptors (Lipinski definition) is 5. The van der Waals surface area contributed by atoms with Crippen molar-refractivity contribution in [3.63, 3.8) is 0 Å². The van der Waals surface area contributed by atoms with Gasteiger partial charge in [0, 0.05) is 31.4 Å². The van der Waals surface area contributed by atoms with E-state index in [9.17, 15) is 4.79 Å². The van der Waals surface area contributed by atoms with E-state index in [1.54, 1.807) is 0 Å². The Morgan fingerprint density at radius 1 is 1.32 bits per heavy atom. The number of hydrogen-bond donors (Lipinski definition) is 2. The molecular weight excluding hydrogens is 334 g/mol. The Morgan fingerprint density at radius 3 is 2.80 bits per heavy atom. The maximum atomic E-state index is 12.6. The highest BCUT2D eigenvalue weighted by atomic mass is 32.1. The summed E-state index contributed by atoms with van der Waals surface area (Å²) in [6.45, 7) is 3.57. The summed E-state index contributed by atoms with van der Waals surface area (Å²) in [5, 5.41) is 5.57. The normalized spacial score (nSPS) is 15.7. The van der Waals surface area contributed by atoms with Gasteiger partial charge < -0.3 is 15.2 Å². The van der Waals surface area contributed by atoms with Crippen LogP contribution >= 0.6 is 11.3 Å². The van der Waals surface area contributed by atoms with Crippen LogP contribution in [0.5, 0.6) is 0 Å². The molecule has 1 saturated heterocycles. The number of aromatic nitrogens is 3. The molecule has 0 bridgehead atoms. The number of imidazole rings is 1. The topological polar surface area (TPSA) is 73.9 Å². The molecule has 25 heavy (non-hydrogen) atoms. The van der Waals surface area contributed by atoms with Gasteiger partial charge >= 0.3 is 0 Å². The number of likely N-dealkylation sites (tertiary alicyclic amines) is 1. The molecule has 2 N–H and O–H groups in total. The van der Waals surface area contributed by atoms with Crippen LogP contribution in [0.25, 0.3) is 11.0 Å². The molecule has 1 amide bonds. The molecule has 0 aliphatic carbocycles. The summed E-state index contributed by atoms with van der Waals surface area (Å²) in [4.78, 5) is 27.1. The van der Waals surface area contributed by atoms with Crippen molar-refractivity contribution in [1.29, 1.82) is 0 Å². The number of nitrogens with zero attached hydrogens (tertiary/aromatic N) is 3. The van der Waals surface area contributed by atoms with Crippen LogP contribution in [0.1, 0.15) is 40.6 Å². The smallest absolute Gasteiger partial charge is 0.273 e. The van der Waals surface area contributed by atoms with Crippen LogP contribution in [0.4, 0.5) is 5.13 Å². The Kier molecular flexibility index (Phi) is 4.17. The summed E-state index contributed by atoms with van der Waals surface area (Å²) in [6, 6.07) is 6.20. The quantitative estimate of drug-likeness (QED) is 0.755. The molecule has 130 valence electrons. The van der Waals surface area contributed by atoms with Gasteiger partial charge in [0.05, 0.1) is 11.0 Å². The second-order valence-electron chi connectivity index (χ2n) is 6.45. The highest BCUT2D eigenvalue weighted by Crippen LogP contribution is 2.29. The van der Waals surface area contributed by atoms with Gasteiger partial charge in [-0.05, 0) is 31.4 Å². The van der Waals surface area contributed by atoms with E-state index in [2.05, 4.69) is 34.3 Å². The van der Waals surface area contributed by atoms with Gasteiger partial charge in [0.1, 0.15) is 11.5 Å². The number of carbonyl (C=O) groups excluding carboxylic acids is 1. The molecule has 1 fully saturated rings. The van der Waals surface area contributed by atoms with Gasteiger partial charge in [0.2, 0.25) is 0 Å². The summed E-state index contributed by atoms with van der Waals surface area (Å²) in [5.74, 6) is 1.44. The van der Waals surface area contributed by atoms with Crippen molar-refractivity contribution < 1.29 is 4.79 Å². The van der Waals surface area contributed by atoms with Crippen molar-refractivity contribution in [3.05, 3.63) is 40.7 Å².